The van der Waals surface area contributed by atoms with E-state index < -0.39 is 0 Å². The molecule has 0 fully saturated rings. The van der Waals surface area contributed by atoms with Crippen LogP contribution in [0.15, 0.2) is 72.2 Å². The first-order valence-electron chi connectivity index (χ1n) is 8.72. The van der Waals surface area contributed by atoms with E-state index >= 15 is 0 Å². The van der Waals surface area contributed by atoms with Crippen molar-refractivity contribution in [1.29, 1.82) is 0 Å². The average molecular weight is 372 g/mol. The molecule has 2 aliphatic rings. The standard InChI is InChI=1S/C19H13FN8/c20-13-5-7-14(8-6-13)27-18(10-23-24-27)26-12-22-19-15-3-1-2-4-16(15)25-11-21-9-17(25)28(19)26/h1-11H,12H2. The number of amidine groups is 1. The van der Waals surface area contributed by atoms with E-state index in [0.717, 1.165) is 28.7 Å². The number of para-hydroxylation sites is 1. The highest BCUT2D eigenvalue weighted by molar-refractivity contribution is 6.16. The maximum atomic E-state index is 13.3. The monoisotopic (exact) mass is 372 g/mol. The van der Waals surface area contributed by atoms with Gasteiger partial charge in [-0.3, -0.25) is 4.57 Å². The van der Waals surface area contributed by atoms with Crippen LogP contribution >= 0.6 is 0 Å². The van der Waals surface area contributed by atoms with Gasteiger partial charge in [-0.05, 0) is 36.4 Å². The summed E-state index contributed by atoms with van der Waals surface area (Å²) >= 11 is 0. The molecule has 0 N–H and O–H groups in total. The Morgan fingerprint density at radius 2 is 1.79 bits per heavy atom. The molecule has 6 rings (SSSR count). The van der Waals surface area contributed by atoms with Crippen molar-refractivity contribution < 1.29 is 4.39 Å². The second-order valence-corrected chi connectivity index (χ2v) is 6.45. The van der Waals surface area contributed by atoms with E-state index in [2.05, 4.69) is 15.3 Å². The number of hydrogen-bond donors (Lipinski definition) is 0. The van der Waals surface area contributed by atoms with Crippen molar-refractivity contribution in [1.82, 2.24) is 24.5 Å². The minimum absolute atomic E-state index is 0.297. The highest BCUT2D eigenvalue weighted by atomic mass is 19.1. The molecule has 0 spiro atoms. The number of hydrazine groups is 1. The Labute approximate surface area is 158 Å². The zero-order valence-electron chi connectivity index (χ0n) is 14.5. The Balaban J connectivity index is 1.49. The second-order valence-electron chi connectivity index (χ2n) is 6.45. The number of fused-ring (bicyclic) bond motifs is 6. The van der Waals surface area contributed by atoms with Gasteiger partial charge in [-0.15, -0.1) is 5.10 Å². The quantitative estimate of drug-likeness (QED) is 0.541. The van der Waals surface area contributed by atoms with Gasteiger partial charge in [0.1, 0.15) is 18.8 Å². The summed E-state index contributed by atoms with van der Waals surface area (Å²) in [4.78, 5) is 9.09. The van der Waals surface area contributed by atoms with Crippen LogP contribution in [-0.2, 0) is 0 Å². The zero-order valence-corrected chi connectivity index (χ0v) is 14.5. The molecule has 2 aliphatic heterocycles. The number of halogens is 1. The van der Waals surface area contributed by atoms with Gasteiger partial charge in [0.25, 0.3) is 0 Å². The van der Waals surface area contributed by atoms with Crippen LogP contribution in [0.3, 0.4) is 0 Å². The summed E-state index contributed by atoms with van der Waals surface area (Å²) in [7, 11) is 0. The van der Waals surface area contributed by atoms with Crippen LogP contribution in [0.5, 0.6) is 0 Å². The normalized spacial score (nSPS) is 14.5. The first-order valence-corrected chi connectivity index (χ1v) is 8.72. The van der Waals surface area contributed by atoms with E-state index in [0.29, 0.717) is 12.4 Å². The third kappa shape index (κ3) is 1.98. The number of aliphatic imine (C=N–C) groups is 1. The molecular weight excluding hydrogens is 359 g/mol. The number of nitrogens with zero attached hydrogens (tertiary/aromatic N) is 8. The SMILES string of the molecule is Fc1ccc(-n2nncc2N2CN=C3c4ccccc4-n4cncc4N32)cc1. The summed E-state index contributed by atoms with van der Waals surface area (Å²) in [5, 5.41) is 12.2. The Morgan fingerprint density at radius 1 is 0.929 bits per heavy atom. The Kier molecular flexibility index (Phi) is 2.96. The lowest BCUT2D eigenvalue weighted by Gasteiger charge is -2.34. The lowest BCUT2D eigenvalue weighted by atomic mass is 10.1. The van der Waals surface area contributed by atoms with Gasteiger partial charge in [-0.1, -0.05) is 17.3 Å². The van der Waals surface area contributed by atoms with Crippen LogP contribution in [-0.4, -0.2) is 37.0 Å². The molecule has 2 aromatic heterocycles. The topological polar surface area (TPSA) is 67.4 Å². The molecule has 8 nitrogen and oxygen atoms in total. The number of rotatable bonds is 2. The van der Waals surface area contributed by atoms with Gasteiger partial charge in [-0.25, -0.2) is 24.4 Å². The second kappa shape index (κ2) is 5.49. The van der Waals surface area contributed by atoms with Gasteiger partial charge in [-0.2, -0.15) is 4.68 Å². The summed E-state index contributed by atoms with van der Waals surface area (Å²) < 4.78 is 17.0. The van der Waals surface area contributed by atoms with Crippen molar-refractivity contribution in [2.45, 2.75) is 0 Å². The van der Waals surface area contributed by atoms with Gasteiger partial charge < -0.3 is 0 Å². The van der Waals surface area contributed by atoms with E-state index in [1.165, 1.54) is 12.1 Å². The molecule has 0 saturated heterocycles. The summed E-state index contributed by atoms with van der Waals surface area (Å²) in [5.74, 6) is 2.14. The van der Waals surface area contributed by atoms with Crippen LogP contribution in [0, 0.1) is 5.82 Å². The van der Waals surface area contributed by atoms with Gasteiger partial charge >= 0.3 is 0 Å². The predicted octanol–water partition coefficient (Wildman–Crippen LogP) is 2.55. The third-order valence-corrected chi connectivity index (χ3v) is 4.90. The van der Waals surface area contributed by atoms with Crippen LogP contribution in [0.1, 0.15) is 5.56 Å². The third-order valence-electron chi connectivity index (χ3n) is 4.90. The van der Waals surface area contributed by atoms with E-state index in [1.807, 2.05) is 38.9 Å². The largest absolute Gasteiger partial charge is 0.283 e. The van der Waals surface area contributed by atoms with E-state index in [1.54, 1.807) is 35.5 Å². The number of imidazole rings is 1. The fourth-order valence-electron chi connectivity index (χ4n) is 3.66. The zero-order chi connectivity index (χ0) is 18.7. The molecule has 136 valence electrons. The summed E-state index contributed by atoms with van der Waals surface area (Å²) in [6.45, 7) is 0.406. The minimum Gasteiger partial charge on any atom is -0.283 e. The summed E-state index contributed by atoms with van der Waals surface area (Å²) in [5.41, 5.74) is 2.78. The molecular formula is C19H13FN8. The molecule has 9 heteroatoms. The fraction of sp³-hybridized carbons (Fsp3) is 0.0526. The van der Waals surface area contributed by atoms with E-state index in [4.69, 9.17) is 4.99 Å². The van der Waals surface area contributed by atoms with Crippen molar-refractivity contribution in [2.24, 2.45) is 4.99 Å². The number of hydrogen-bond acceptors (Lipinski definition) is 6. The lowest BCUT2D eigenvalue weighted by Crippen LogP contribution is -2.46. The van der Waals surface area contributed by atoms with Gasteiger partial charge in [0.15, 0.2) is 17.5 Å². The average Bonchev–Trinajstić information content (AvgIpc) is 3.46. The number of aromatic nitrogens is 5. The highest BCUT2D eigenvalue weighted by Gasteiger charge is 2.37. The van der Waals surface area contributed by atoms with Gasteiger partial charge in [0.2, 0.25) is 0 Å². The molecule has 0 unspecified atom stereocenters. The number of benzene rings is 2. The first kappa shape index (κ1) is 15.1. The van der Waals surface area contributed by atoms with Crippen molar-refractivity contribution in [2.75, 3.05) is 16.7 Å². The summed E-state index contributed by atoms with van der Waals surface area (Å²) in [6, 6.07) is 14.2. The van der Waals surface area contributed by atoms with Crippen molar-refractivity contribution in [3.63, 3.8) is 0 Å². The lowest BCUT2D eigenvalue weighted by molar-refractivity contribution is 0.626. The maximum absolute atomic E-state index is 13.3. The maximum Gasteiger partial charge on any atom is 0.173 e. The van der Waals surface area contributed by atoms with E-state index in [-0.39, 0.29) is 5.82 Å². The van der Waals surface area contributed by atoms with E-state index in [9.17, 15) is 4.39 Å². The summed E-state index contributed by atoms with van der Waals surface area (Å²) in [6.07, 6.45) is 5.26. The van der Waals surface area contributed by atoms with Crippen LogP contribution in [0.25, 0.3) is 11.4 Å². The fourth-order valence-corrected chi connectivity index (χ4v) is 3.66. The van der Waals surface area contributed by atoms with Crippen LogP contribution < -0.4 is 10.0 Å². The smallest absolute Gasteiger partial charge is 0.173 e. The first-order chi connectivity index (χ1) is 13.8. The molecule has 2 aromatic carbocycles. The molecule has 4 aromatic rings. The molecule has 28 heavy (non-hydrogen) atoms. The Morgan fingerprint density at radius 3 is 2.68 bits per heavy atom. The van der Waals surface area contributed by atoms with Crippen molar-refractivity contribution in [3.8, 4) is 11.4 Å². The Hall–Kier alpha value is -4.01. The number of anilines is 2. The molecule has 0 bridgehead atoms. The molecule has 0 amide bonds. The Bertz CT molecular complexity index is 1220. The van der Waals surface area contributed by atoms with Crippen molar-refractivity contribution in [3.05, 3.63) is 78.6 Å². The molecule has 0 atom stereocenters. The minimum atomic E-state index is -0.297. The molecule has 0 saturated carbocycles. The van der Waals surface area contributed by atoms with Crippen LogP contribution in [0.4, 0.5) is 16.0 Å². The molecule has 0 aliphatic carbocycles. The predicted molar refractivity (Wildman–Crippen MR) is 101 cm³/mol. The molecule has 4 heterocycles. The van der Waals surface area contributed by atoms with Crippen LogP contribution in [0.2, 0.25) is 0 Å². The van der Waals surface area contributed by atoms with Gasteiger partial charge in [0.05, 0.1) is 23.8 Å². The van der Waals surface area contributed by atoms with Gasteiger partial charge in [0, 0.05) is 5.56 Å². The highest BCUT2D eigenvalue weighted by Crippen LogP contribution is 2.36. The van der Waals surface area contributed by atoms with Crippen molar-refractivity contribution >= 4 is 17.5 Å². The molecule has 0 radical (unpaired) electrons.